The fraction of sp³-hybridized carbons (Fsp3) is 0.240. The maximum absolute atomic E-state index is 13.3. The van der Waals surface area contributed by atoms with Crippen molar-refractivity contribution < 1.29 is 13.2 Å². The number of nitrogens with one attached hydrogen (secondary N) is 1. The molecule has 3 aromatic carbocycles. The first kappa shape index (κ1) is 21.9. The number of likely N-dealkylation sites (tertiary alicyclic amines) is 1. The molecule has 0 aliphatic carbocycles. The summed E-state index contributed by atoms with van der Waals surface area (Å²) in [4.78, 5) is 15.0. The molecule has 32 heavy (non-hydrogen) atoms. The lowest BCUT2D eigenvalue weighted by Gasteiger charge is -2.23. The molecule has 1 amide bonds. The Bertz CT molecular complexity index is 1170. The van der Waals surface area contributed by atoms with Crippen LogP contribution in [0.2, 0.25) is 0 Å². The molecule has 1 fully saturated rings. The number of carbonyl (C=O) groups excluding carboxylic acids is 1. The molecule has 1 saturated heterocycles. The number of benzene rings is 3. The van der Waals surface area contributed by atoms with Gasteiger partial charge in [0.1, 0.15) is 0 Å². The third-order valence-electron chi connectivity index (χ3n) is 5.62. The predicted molar refractivity (Wildman–Crippen MR) is 127 cm³/mol. The lowest BCUT2D eigenvalue weighted by atomic mass is 10.2. The fourth-order valence-corrected chi connectivity index (χ4v) is 5.54. The van der Waals surface area contributed by atoms with E-state index in [1.54, 1.807) is 54.3 Å². The summed E-state index contributed by atoms with van der Waals surface area (Å²) >= 11 is 0. The van der Waals surface area contributed by atoms with Crippen molar-refractivity contribution in [3.63, 3.8) is 0 Å². The highest BCUT2D eigenvalue weighted by atomic mass is 32.2. The van der Waals surface area contributed by atoms with Gasteiger partial charge in [-0.1, -0.05) is 42.5 Å². The summed E-state index contributed by atoms with van der Waals surface area (Å²) in [7, 11) is -3.78. The van der Waals surface area contributed by atoms with Crippen molar-refractivity contribution >= 4 is 27.3 Å². The monoisotopic (exact) mass is 449 g/mol. The first-order valence-electron chi connectivity index (χ1n) is 10.8. The van der Waals surface area contributed by atoms with E-state index >= 15 is 0 Å². The molecule has 0 radical (unpaired) electrons. The largest absolute Gasteiger partial charge is 0.380 e. The Kier molecular flexibility index (Phi) is 6.46. The minimum absolute atomic E-state index is 0.118. The molecule has 1 heterocycles. The normalized spacial score (nSPS) is 16.0. The molecule has 4 rings (SSSR count). The second kappa shape index (κ2) is 9.44. The van der Waals surface area contributed by atoms with Crippen LogP contribution in [-0.2, 0) is 10.0 Å². The van der Waals surface area contributed by atoms with Crippen molar-refractivity contribution in [3.05, 3.63) is 90.5 Å². The first-order valence-corrected chi connectivity index (χ1v) is 12.2. The van der Waals surface area contributed by atoms with Crippen molar-refractivity contribution in [1.29, 1.82) is 0 Å². The molecule has 1 unspecified atom stereocenters. The highest BCUT2D eigenvalue weighted by Crippen LogP contribution is 2.25. The van der Waals surface area contributed by atoms with E-state index in [1.165, 1.54) is 10.4 Å². The molecule has 3 aromatic rings. The fourth-order valence-electron chi connectivity index (χ4n) is 4.02. The lowest BCUT2D eigenvalue weighted by Crippen LogP contribution is -2.32. The molecular weight excluding hydrogens is 422 g/mol. The zero-order chi connectivity index (χ0) is 22.6. The third-order valence-corrected chi connectivity index (χ3v) is 7.52. The minimum atomic E-state index is -3.78. The van der Waals surface area contributed by atoms with Crippen LogP contribution < -0.4 is 9.62 Å². The average molecular weight is 450 g/mol. The second-order valence-electron chi connectivity index (χ2n) is 7.78. The van der Waals surface area contributed by atoms with Crippen LogP contribution in [0.3, 0.4) is 0 Å². The SMILES string of the molecule is CCN(c1ccccc1)S(=O)(=O)c1cccc(C(=O)N2CCC(Nc3ccccc3)C2)c1. The zero-order valence-electron chi connectivity index (χ0n) is 18.0. The van der Waals surface area contributed by atoms with Gasteiger partial charge in [-0.05, 0) is 55.8 Å². The smallest absolute Gasteiger partial charge is 0.264 e. The molecule has 1 atom stereocenters. The Morgan fingerprint density at radius 1 is 1.00 bits per heavy atom. The summed E-state index contributed by atoms with van der Waals surface area (Å²) in [5.74, 6) is -0.151. The number of rotatable bonds is 7. The Balaban J connectivity index is 1.51. The van der Waals surface area contributed by atoms with Crippen molar-refractivity contribution in [2.75, 3.05) is 29.3 Å². The van der Waals surface area contributed by atoms with Crippen LogP contribution in [-0.4, -0.2) is 44.9 Å². The molecule has 1 aliphatic rings. The van der Waals surface area contributed by atoms with Crippen LogP contribution >= 0.6 is 0 Å². The lowest BCUT2D eigenvalue weighted by molar-refractivity contribution is 0.0791. The molecule has 7 heteroatoms. The summed E-state index contributed by atoms with van der Waals surface area (Å²) in [5.41, 5.74) is 2.01. The van der Waals surface area contributed by atoms with Crippen LogP contribution in [0, 0.1) is 0 Å². The molecule has 0 aromatic heterocycles. The van der Waals surface area contributed by atoms with Gasteiger partial charge in [-0.25, -0.2) is 8.42 Å². The maximum atomic E-state index is 13.3. The van der Waals surface area contributed by atoms with E-state index in [4.69, 9.17) is 0 Å². The highest BCUT2D eigenvalue weighted by molar-refractivity contribution is 7.92. The Labute approximate surface area is 189 Å². The van der Waals surface area contributed by atoms with E-state index in [0.29, 0.717) is 30.9 Å². The van der Waals surface area contributed by atoms with Gasteiger partial charge in [0.2, 0.25) is 0 Å². The van der Waals surface area contributed by atoms with E-state index in [-0.39, 0.29) is 16.8 Å². The number of anilines is 2. The Hall–Kier alpha value is -3.32. The van der Waals surface area contributed by atoms with Gasteiger partial charge in [0, 0.05) is 36.9 Å². The van der Waals surface area contributed by atoms with E-state index < -0.39 is 10.0 Å². The maximum Gasteiger partial charge on any atom is 0.264 e. The van der Waals surface area contributed by atoms with Gasteiger partial charge in [0.15, 0.2) is 0 Å². The summed E-state index contributed by atoms with van der Waals surface area (Å²) in [6, 6.07) is 25.4. The van der Waals surface area contributed by atoms with E-state index in [1.807, 2.05) is 36.4 Å². The first-order chi connectivity index (χ1) is 15.5. The van der Waals surface area contributed by atoms with Crippen LogP contribution in [0.1, 0.15) is 23.7 Å². The number of amides is 1. The highest BCUT2D eigenvalue weighted by Gasteiger charge is 2.29. The Morgan fingerprint density at radius 3 is 2.38 bits per heavy atom. The number of carbonyl (C=O) groups is 1. The van der Waals surface area contributed by atoms with Gasteiger partial charge in [-0.2, -0.15) is 0 Å². The number of hydrogen-bond acceptors (Lipinski definition) is 4. The summed E-state index contributed by atoms with van der Waals surface area (Å²) < 4.78 is 28.0. The summed E-state index contributed by atoms with van der Waals surface area (Å²) in [6.45, 7) is 3.30. The van der Waals surface area contributed by atoms with Crippen molar-refractivity contribution in [1.82, 2.24) is 4.90 Å². The third kappa shape index (κ3) is 4.62. The predicted octanol–water partition coefficient (Wildman–Crippen LogP) is 4.23. The van der Waals surface area contributed by atoms with Gasteiger partial charge < -0.3 is 10.2 Å². The van der Waals surface area contributed by atoms with E-state index in [0.717, 1.165) is 12.1 Å². The van der Waals surface area contributed by atoms with Crippen LogP contribution in [0.4, 0.5) is 11.4 Å². The van der Waals surface area contributed by atoms with E-state index in [9.17, 15) is 13.2 Å². The molecule has 6 nitrogen and oxygen atoms in total. The van der Waals surface area contributed by atoms with Gasteiger partial charge in [0.05, 0.1) is 10.6 Å². The van der Waals surface area contributed by atoms with Gasteiger partial charge in [-0.15, -0.1) is 0 Å². The van der Waals surface area contributed by atoms with Crippen molar-refractivity contribution in [2.24, 2.45) is 0 Å². The van der Waals surface area contributed by atoms with Gasteiger partial charge in [0.25, 0.3) is 15.9 Å². The van der Waals surface area contributed by atoms with Crippen LogP contribution in [0.5, 0.6) is 0 Å². The average Bonchev–Trinajstić information content (AvgIpc) is 3.29. The number of para-hydroxylation sites is 2. The van der Waals surface area contributed by atoms with Crippen LogP contribution in [0.15, 0.2) is 89.8 Å². The molecule has 0 spiro atoms. The molecular formula is C25H27N3O3S. The number of hydrogen-bond donors (Lipinski definition) is 1. The van der Waals surface area contributed by atoms with Crippen molar-refractivity contribution in [3.8, 4) is 0 Å². The molecule has 166 valence electrons. The van der Waals surface area contributed by atoms with Crippen LogP contribution in [0.25, 0.3) is 0 Å². The Morgan fingerprint density at radius 2 is 1.69 bits per heavy atom. The van der Waals surface area contributed by atoms with Gasteiger partial charge >= 0.3 is 0 Å². The molecule has 1 N–H and O–H groups in total. The molecule has 0 saturated carbocycles. The minimum Gasteiger partial charge on any atom is -0.380 e. The number of sulfonamides is 1. The zero-order valence-corrected chi connectivity index (χ0v) is 18.8. The molecule has 1 aliphatic heterocycles. The topological polar surface area (TPSA) is 69.7 Å². The second-order valence-corrected chi connectivity index (χ2v) is 9.64. The number of nitrogens with zero attached hydrogens (tertiary/aromatic N) is 2. The van der Waals surface area contributed by atoms with Crippen molar-refractivity contribution in [2.45, 2.75) is 24.3 Å². The quantitative estimate of drug-likeness (QED) is 0.586. The molecule has 0 bridgehead atoms. The van der Waals surface area contributed by atoms with E-state index in [2.05, 4.69) is 5.32 Å². The summed E-state index contributed by atoms with van der Waals surface area (Å²) in [5, 5.41) is 3.46. The van der Waals surface area contributed by atoms with Gasteiger partial charge in [-0.3, -0.25) is 9.10 Å². The standard InChI is InChI=1S/C25H27N3O3S/c1-2-28(23-13-7-4-8-14-23)32(30,31)24-15-9-10-20(18-24)25(29)27-17-16-22(19-27)26-21-11-5-3-6-12-21/h3-15,18,22,26H,2,16-17,19H2,1H3. The summed E-state index contributed by atoms with van der Waals surface area (Å²) in [6.07, 6.45) is 0.843.